The molecule has 0 aliphatic carbocycles. The second kappa shape index (κ2) is 5.08. The Morgan fingerprint density at radius 1 is 1.44 bits per heavy atom. The zero-order valence-electron chi connectivity index (χ0n) is 8.99. The van der Waals surface area contributed by atoms with Crippen LogP contribution < -0.4 is 16.2 Å². The third kappa shape index (κ3) is 3.77. The fourth-order valence-corrected chi connectivity index (χ4v) is 1.24. The number of hydrogen-bond acceptors (Lipinski definition) is 5. The predicted molar refractivity (Wildman–Crippen MR) is 54.6 cm³/mol. The molecule has 1 heterocycles. The first kappa shape index (κ1) is 14.0. The first-order valence-corrected chi connectivity index (χ1v) is 4.69. The number of anilines is 1. The van der Waals surface area contributed by atoms with Gasteiger partial charge in [0, 0.05) is 12.6 Å². The minimum atomic E-state index is -4.95. The van der Waals surface area contributed by atoms with Crippen LogP contribution in [-0.2, 0) is 17.8 Å². The summed E-state index contributed by atoms with van der Waals surface area (Å²) in [5, 5.41) is 8.58. The maximum absolute atomic E-state index is 12.1. The van der Waals surface area contributed by atoms with E-state index in [2.05, 4.69) is 9.72 Å². The lowest BCUT2D eigenvalue weighted by molar-refractivity contribution is -0.275. The summed E-state index contributed by atoms with van der Waals surface area (Å²) in [6, 6.07) is 0.862. The number of aliphatic carboxylic acids is 1. The van der Waals surface area contributed by atoms with E-state index in [4.69, 9.17) is 16.6 Å². The Morgan fingerprint density at radius 2 is 2.06 bits per heavy atom. The average Bonchev–Trinajstić information content (AvgIpc) is 2.19. The summed E-state index contributed by atoms with van der Waals surface area (Å²) in [6.07, 6.45) is -5.68. The molecule has 1 aromatic heterocycles. The SMILES string of the molecule is NCc1nc(CC(=O)O)c(OC(F)(F)F)cc1N. The van der Waals surface area contributed by atoms with Crippen LogP contribution in [0, 0.1) is 0 Å². The first-order chi connectivity index (χ1) is 8.23. The highest BCUT2D eigenvalue weighted by Gasteiger charge is 2.33. The maximum atomic E-state index is 12.1. The highest BCUT2D eigenvalue weighted by atomic mass is 19.4. The Kier molecular flexibility index (Phi) is 3.96. The van der Waals surface area contributed by atoms with Crippen molar-refractivity contribution >= 4 is 11.7 Å². The van der Waals surface area contributed by atoms with E-state index in [-0.39, 0.29) is 23.6 Å². The van der Waals surface area contributed by atoms with Gasteiger partial charge in [-0.25, -0.2) is 4.98 Å². The summed E-state index contributed by atoms with van der Waals surface area (Å²) in [5.74, 6) is -2.08. The van der Waals surface area contributed by atoms with Gasteiger partial charge in [-0.2, -0.15) is 0 Å². The van der Waals surface area contributed by atoms with Crippen LogP contribution in [0.25, 0.3) is 0 Å². The summed E-state index contributed by atoms with van der Waals surface area (Å²) in [6.45, 7) is -0.120. The Labute approximate surface area is 99.4 Å². The monoisotopic (exact) mass is 265 g/mol. The molecule has 0 unspecified atom stereocenters. The number of alkyl halides is 3. The molecule has 18 heavy (non-hydrogen) atoms. The highest BCUT2D eigenvalue weighted by molar-refractivity contribution is 5.71. The number of rotatable bonds is 4. The summed E-state index contributed by atoms with van der Waals surface area (Å²) < 4.78 is 40.0. The van der Waals surface area contributed by atoms with Gasteiger partial charge in [-0.15, -0.1) is 13.2 Å². The normalized spacial score (nSPS) is 11.3. The van der Waals surface area contributed by atoms with Crippen molar-refractivity contribution in [3.63, 3.8) is 0 Å². The number of nitrogens with two attached hydrogens (primary N) is 2. The molecule has 0 spiro atoms. The number of hydrogen-bond donors (Lipinski definition) is 3. The Morgan fingerprint density at radius 3 is 2.50 bits per heavy atom. The second-order valence-corrected chi connectivity index (χ2v) is 3.29. The van der Waals surface area contributed by atoms with E-state index >= 15 is 0 Å². The number of carboxylic acid groups (broad SMARTS) is 1. The summed E-state index contributed by atoms with van der Waals surface area (Å²) >= 11 is 0. The summed E-state index contributed by atoms with van der Waals surface area (Å²) in [4.78, 5) is 14.2. The molecule has 0 bridgehead atoms. The Balaban J connectivity index is 3.20. The lowest BCUT2D eigenvalue weighted by Crippen LogP contribution is -2.20. The van der Waals surface area contributed by atoms with Gasteiger partial charge in [0.1, 0.15) is 0 Å². The third-order valence-corrected chi connectivity index (χ3v) is 1.91. The lowest BCUT2D eigenvalue weighted by atomic mass is 10.2. The van der Waals surface area contributed by atoms with Crippen LogP contribution in [0.5, 0.6) is 5.75 Å². The Bertz CT molecular complexity index is 462. The van der Waals surface area contributed by atoms with Crippen molar-refractivity contribution < 1.29 is 27.8 Å². The maximum Gasteiger partial charge on any atom is 0.573 e. The van der Waals surface area contributed by atoms with Crippen LogP contribution in [0.3, 0.4) is 0 Å². The molecule has 0 aliphatic rings. The molecule has 0 aromatic carbocycles. The number of carboxylic acids is 1. The van der Waals surface area contributed by atoms with Gasteiger partial charge in [0.25, 0.3) is 0 Å². The van der Waals surface area contributed by atoms with Crippen molar-refractivity contribution in [3.05, 3.63) is 17.5 Å². The zero-order valence-corrected chi connectivity index (χ0v) is 8.99. The molecule has 100 valence electrons. The van der Waals surface area contributed by atoms with Crippen LogP contribution in [-0.4, -0.2) is 22.4 Å². The minimum absolute atomic E-state index is 0.0918. The van der Waals surface area contributed by atoms with E-state index in [1.54, 1.807) is 0 Å². The molecule has 6 nitrogen and oxygen atoms in total. The fraction of sp³-hybridized carbons (Fsp3) is 0.333. The topological polar surface area (TPSA) is 111 Å². The van der Waals surface area contributed by atoms with Crippen LogP contribution in [0.15, 0.2) is 6.07 Å². The molecule has 0 saturated carbocycles. The molecular formula is C9H10F3N3O3. The van der Waals surface area contributed by atoms with Crippen LogP contribution >= 0.6 is 0 Å². The van der Waals surface area contributed by atoms with E-state index < -0.39 is 24.5 Å². The van der Waals surface area contributed by atoms with Crippen molar-refractivity contribution in [2.45, 2.75) is 19.3 Å². The number of pyridine rings is 1. The van der Waals surface area contributed by atoms with Gasteiger partial charge in [0.15, 0.2) is 5.75 Å². The van der Waals surface area contributed by atoms with Crippen molar-refractivity contribution in [2.75, 3.05) is 5.73 Å². The number of carbonyl (C=O) groups is 1. The molecule has 0 aliphatic heterocycles. The van der Waals surface area contributed by atoms with E-state index in [1.165, 1.54) is 0 Å². The number of aromatic nitrogens is 1. The quantitative estimate of drug-likeness (QED) is 0.736. The molecule has 0 radical (unpaired) electrons. The molecule has 0 fully saturated rings. The standard InChI is InChI=1S/C9H10F3N3O3/c10-9(11,12)18-7-1-4(14)6(3-13)15-5(7)2-8(16)17/h1H,2-3,13-14H2,(H,16,17). The second-order valence-electron chi connectivity index (χ2n) is 3.29. The number of nitrogen functional groups attached to an aromatic ring is 1. The molecule has 0 atom stereocenters. The predicted octanol–water partition coefficient (Wildman–Crippen LogP) is 0.648. The van der Waals surface area contributed by atoms with Crippen LogP contribution in [0.1, 0.15) is 11.4 Å². The molecule has 5 N–H and O–H groups in total. The number of nitrogens with zero attached hydrogens (tertiary/aromatic N) is 1. The van der Waals surface area contributed by atoms with E-state index in [1.807, 2.05) is 0 Å². The van der Waals surface area contributed by atoms with Crippen molar-refractivity contribution in [1.82, 2.24) is 4.98 Å². The van der Waals surface area contributed by atoms with Crippen LogP contribution in [0.4, 0.5) is 18.9 Å². The molecular weight excluding hydrogens is 255 g/mol. The van der Waals surface area contributed by atoms with E-state index in [9.17, 15) is 18.0 Å². The van der Waals surface area contributed by atoms with Crippen LogP contribution in [0.2, 0.25) is 0 Å². The Hall–Kier alpha value is -2.03. The fourth-order valence-electron chi connectivity index (χ4n) is 1.24. The van der Waals surface area contributed by atoms with Gasteiger partial charge in [-0.1, -0.05) is 0 Å². The van der Waals surface area contributed by atoms with Gasteiger partial charge in [0.05, 0.1) is 23.5 Å². The van der Waals surface area contributed by atoms with Crippen molar-refractivity contribution in [2.24, 2.45) is 5.73 Å². The van der Waals surface area contributed by atoms with E-state index in [0.29, 0.717) is 0 Å². The lowest BCUT2D eigenvalue weighted by Gasteiger charge is -2.14. The summed E-state index contributed by atoms with van der Waals surface area (Å²) in [5.41, 5.74) is 10.3. The molecule has 0 amide bonds. The van der Waals surface area contributed by atoms with Crippen molar-refractivity contribution in [3.8, 4) is 5.75 Å². The summed E-state index contributed by atoms with van der Waals surface area (Å²) in [7, 11) is 0. The minimum Gasteiger partial charge on any atom is -0.481 e. The van der Waals surface area contributed by atoms with Crippen molar-refractivity contribution in [1.29, 1.82) is 0 Å². The average molecular weight is 265 g/mol. The van der Waals surface area contributed by atoms with Gasteiger partial charge < -0.3 is 21.3 Å². The zero-order chi connectivity index (χ0) is 13.9. The molecule has 0 saturated heterocycles. The van der Waals surface area contributed by atoms with Gasteiger partial charge in [0.2, 0.25) is 0 Å². The smallest absolute Gasteiger partial charge is 0.481 e. The molecule has 9 heteroatoms. The molecule has 1 aromatic rings. The van der Waals surface area contributed by atoms with Gasteiger partial charge in [-0.05, 0) is 0 Å². The highest BCUT2D eigenvalue weighted by Crippen LogP contribution is 2.28. The number of halogens is 3. The largest absolute Gasteiger partial charge is 0.573 e. The number of ether oxygens (including phenoxy) is 1. The first-order valence-electron chi connectivity index (χ1n) is 4.69. The molecule has 1 rings (SSSR count). The van der Waals surface area contributed by atoms with Gasteiger partial charge >= 0.3 is 12.3 Å². The van der Waals surface area contributed by atoms with Gasteiger partial charge in [-0.3, -0.25) is 4.79 Å². The third-order valence-electron chi connectivity index (χ3n) is 1.91. The van der Waals surface area contributed by atoms with E-state index in [0.717, 1.165) is 6.07 Å².